The molecule has 168 valence electrons. The number of aromatic nitrogens is 4. The van der Waals surface area contributed by atoms with E-state index >= 15 is 0 Å². The van der Waals surface area contributed by atoms with Crippen molar-refractivity contribution < 1.29 is 9.18 Å². The average molecular weight is 466 g/mol. The van der Waals surface area contributed by atoms with Crippen LogP contribution in [-0.4, -0.2) is 56.9 Å². The minimum absolute atomic E-state index is 0.0627. The summed E-state index contributed by atoms with van der Waals surface area (Å²) >= 11 is 5.92. The highest BCUT2D eigenvalue weighted by atomic mass is 35.5. The zero-order valence-electron chi connectivity index (χ0n) is 17.6. The van der Waals surface area contributed by atoms with Crippen LogP contribution in [0.25, 0.3) is 22.6 Å². The Hall–Kier alpha value is -3.72. The van der Waals surface area contributed by atoms with E-state index in [2.05, 4.69) is 19.9 Å². The molecule has 5 rings (SSSR count). The predicted molar refractivity (Wildman–Crippen MR) is 125 cm³/mol. The van der Waals surface area contributed by atoms with E-state index in [1.54, 1.807) is 30.3 Å². The van der Waals surface area contributed by atoms with Crippen molar-refractivity contribution in [2.45, 2.75) is 6.42 Å². The summed E-state index contributed by atoms with van der Waals surface area (Å²) in [4.78, 5) is 32.8. The molecular weight excluding hydrogens is 445 g/mol. The summed E-state index contributed by atoms with van der Waals surface area (Å²) in [6.45, 7) is 2.25. The molecule has 33 heavy (non-hydrogen) atoms. The van der Waals surface area contributed by atoms with Crippen LogP contribution < -0.4 is 10.6 Å². The van der Waals surface area contributed by atoms with Gasteiger partial charge in [-0.3, -0.25) is 4.79 Å². The van der Waals surface area contributed by atoms with E-state index < -0.39 is 0 Å². The first-order valence-electron chi connectivity index (χ1n) is 10.5. The summed E-state index contributed by atoms with van der Waals surface area (Å²) < 4.78 is 14.3. The van der Waals surface area contributed by atoms with Crippen LogP contribution in [-0.2, 0) is 11.2 Å². The van der Waals surface area contributed by atoms with Gasteiger partial charge in [-0.15, -0.1) is 0 Å². The number of benzene rings is 2. The summed E-state index contributed by atoms with van der Waals surface area (Å²) in [6, 6.07) is 13.7. The Balaban J connectivity index is 1.34. The maximum absolute atomic E-state index is 14.3. The summed E-state index contributed by atoms with van der Waals surface area (Å²) in [5, 5.41) is 0.646. The van der Waals surface area contributed by atoms with Crippen molar-refractivity contribution >= 4 is 40.4 Å². The molecule has 1 saturated heterocycles. The second-order valence-electron chi connectivity index (χ2n) is 7.84. The summed E-state index contributed by atoms with van der Waals surface area (Å²) in [5.74, 6) is 0.725. The van der Waals surface area contributed by atoms with Gasteiger partial charge < -0.3 is 20.5 Å². The second-order valence-corrected chi connectivity index (χ2v) is 8.28. The number of rotatable bonds is 4. The predicted octanol–water partition coefficient (Wildman–Crippen LogP) is 3.29. The van der Waals surface area contributed by atoms with Crippen LogP contribution in [0.2, 0.25) is 5.02 Å². The van der Waals surface area contributed by atoms with Crippen LogP contribution in [0.1, 0.15) is 5.56 Å². The third-order valence-corrected chi connectivity index (χ3v) is 5.93. The maximum Gasteiger partial charge on any atom is 0.227 e. The fraction of sp³-hybridized carbons (Fsp3) is 0.217. The number of carbonyl (C=O) groups is 1. The first kappa shape index (κ1) is 21.1. The maximum atomic E-state index is 14.3. The Morgan fingerprint density at radius 1 is 1.03 bits per heavy atom. The molecule has 0 bridgehead atoms. The molecule has 0 spiro atoms. The fourth-order valence-electron chi connectivity index (χ4n) is 3.96. The Kier molecular flexibility index (Phi) is 5.55. The quantitative estimate of drug-likeness (QED) is 0.479. The lowest BCUT2D eigenvalue weighted by Crippen LogP contribution is -2.49. The number of anilines is 2. The van der Waals surface area contributed by atoms with Gasteiger partial charge in [0.05, 0.1) is 12.0 Å². The lowest BCUT2D eigenvalue weighted by atomic mass is 10.1. The van der Waals surface area contributed by atoms with E-state index in [1.807, 2.05) is 21.9 Å². The van der Waals surface area contributed by atoms with Gasteiger partial charge in [-0.25, -0.2) is 9.37 Å². The van der Waals surface area contributed by atoms with Crippen LogP contribution in [0.5, 0.6) is 0 Å². The van der Waals surface area contributed by atoms with Gasteiger partial charge >= 0.3 is 0 Å². The molecule has 8 nitrogen and oxygen atoms in total. The number of hydrogen-bond donors (Lipinski definition) is 2. The number of nitrogens with zero attached hydrogens (tertiary/aromatic N) is 5. The highest BCUT2D eigenvalue weighted by molar-refractivity contribution is 6.30. The Bertz CT molecular complexity index is 1320. The topological polar surface area (TPSA) is 104 Å². The lowest BCUT2D eigenvalue weighted by molar-refractivity contribution is -0.130. The first-order valence-corrected chi connectivity index (χ1v) is 10.9. The van der Waals surface area contributed by atoms with E-state index in [0.717, 1.165) is 5.56 Å². The van der Waals surface area contributed by atoms with Gasteiger partial charge in [0.1, 0.15) is 17.2 Å². The standard InChI is InChI=1S/C23H21ClFN7O/c24-15-7-5-14(6-8-15)13-18(33)31-9-11-32(12-10-31)22-19-21(29-23(26)30-22)28-20(27-19)16-3-1-2-4-17(16)25/h1-8H,9-13H2,(H3,26,27,28,29,30). The van der Waals surface area contributed by atoms with E-state index in [4.69, 9.17) is 17.3 Å². The Morgan fingerprint density at radius 3 is 2.48 bits per heavy atom. The smallest absolute Gasteiger partial charge is 0.227 e. The summed E-state index contributed by atoms with van der Waals surface area (Å²) in [7, 11) is 0. The van der Waals surface area contributed by atoms with Gasteiger partial charge in [0, 0.05) is 31.2 Å². The van der Waals surface area contributed by atoms with Crippen molar-refractivity contribution in [3.8, 4) is 11.4 Å². The Morgan fingerprint density at radius 2 is 1.76 bits per heavy atom. The van der Waals surface area contributed by atoms with Crippen molar-refractivity contribution in [3.63, 3.8) is 0 Å². The summed E-state index contributed by atoms with van der Waals surface area (Å²) in [6.07, 6.45) is 0.328. The molecule has 0 unspecified atom stereocenters. The molecule has 4 aromatic rings. The van der Waals surface area contributed by atoms with Gasteiger partial charge in [-0.05, 0) is 29.8 Å². The number of H-pyrrole nitrogens is 1. The number of aromatic amines is 1. The second kappa shape index (κ2) is 8.67. The Labute approximate surface area is 194 Å². The number of nitrogens with two attached hydrogens (primary N) is 1. The van der Waals surface area contributed by atoms with Crippen molar-refractivity contribution in [2.24, 2.45) is 0 Å². The highest BCUT2D eigenvalue weighted by Crippen LogP contribution is 2.28. The van der Waals surface area contributed by atoms with E-state index in [-0.39, 0.29) is 17.7 Å². The number of hydrogen-bond acceptors (Lipinski definition) is 6. The normalized spacial score (nSPS) is 14.1. The SMILES string of the molecule is Nc1nc(N2CCN(C(=O)Cc3ccc(Cl)cc3)CC2)c2[nH]c(-c3ccccc3F)nc2n1. The van der Waals surface area contributed by atoms with Gasteiger partial charge in [-0.2, -0.15) is 9.97 Å². The molecule has 1 aliphatic heterocycles. The van der Waals surface area contributed by atoms with Crippen molar-refractivity contribution in [3.05, 3.63) is 64.9 Å². The monoisotopic (exact) mass is 465 g/mol. The molecular formula is C23H21ClFN7O. The molecule has 0 saturated carbocycles. The zero-order valence-corrected chi connectivity index (χ0v) is 18.4. The molecule has 3 heterocycles. The minimum Gasteiger partial charge on any atom is -0.368 e. The molecule has 1 aliphatic rings. The van der Waals surface area contributed by atoms with Gasteiger partial charge in [0.25, 0.3) is 0 Å². The molecule has 3 N–H and O–H groups in total. The molecule has 0 radical (unpaired) electrons. The van der Waals surface area contributed by atoms with Crippen LogP contribution in [0, 0.1) is 5.82 Å². The van der Waals surface area contributed by atoms with Crippen molar-refractivity contribution in [1.29, 1.82) is 0 Å². The first-order chi connectivity index (χ1) is 16.0. The molecule has 1 amide bonds. The summed E-state index contributed by atoms with van der Waals surface area (Å²) in [5.41, 5.74) is 8.16. The van der Waals surface area contributed by atoms with Crippen molar-refractivity contribution in [1.82, 2.24) is 24.8 Å². The number of nitrogen functional groups attached to an aromatic ring is 1. The number of halogens is 2. The number of nitrogens with one attached hydrogen (secondary N) is 1. The van der Waals surface area contributed by atoms with E-state index in [1.165, 1.54) is 6.07 Å². The molecule has 1 fully saturated rings. The van der Waals surface area contributed by atoms with Crippen LogP contribution in [0.4, 0.5) is 16.2 Å². The molecule has 0 aliphatic carbocycles. The average Bonchev–Trinajstić information content (AvgIpc) is 3.24. The number of carbonyl (C=O) groups excluding carboxylic acids is 1. The number of amides is 1. The number of fused-ring (bicyclic) bond motifs is 1. The molecule has 2 aromatic carbocycles. The van der Waals surface area contributed by atoms with E-state index in [0.29, 0.717) is 66.0 Å². The molecule has 10 heteroatoms. The van der Waals surface area contributed by atoms with Crippen LogP contribution >= 0.6 is 11.6 Å². The fourth-order valence-corrected chi connectivity index (χ4v) is 4.09. The highest BCUT2D eigenvalue weighted by Gasteiger charge is 2.25. The number of imidazole rings is 1. The largest absolute Gasteiger partial charge is 0.368 e. The van der Waals surface area contributed by atoms with Crippen LogP contribution in [0.15, 0.2) is 48.5 Å². The van der Waals surface area contributed by atoms with Crippen molar-refractivity contribution in [2.75, 3.05) is 36.8 Å². The minimum atomic E-state index is -0.383. The van der Waals surface area contributed by atoms with Gasteiger partial charge in [0.2, 0.25) is 11.9 Å². The van der Waals surface area contributed by atoms with Crippen LogP contribution in [0.3, 0.4) is 0 Å². The zero-order chi connectivity index (χ0) is 22.9. The third kappa shape index (κ3) is 4.31. The van der Waals surface area contributed by atoms with Gasteiger partial charge in [0.15, 0.2) is 11.5 Å². The third-order valence-electron chi connectivity index (χ3n) is 5.68. The van der Waals surface area contributed by atoms with Gasteiger partial charge in [-0.1, -0.05) is 35.9 Å². The van der Waals surface area contributed by atoms with E-state index in [9.17, 15) is 9.18 Å². The lowest BCUT2D eigenvalue weighted by Gasteiger charge is -2.35. The molecule has 2 aromatic heterocycles. The molecule has 0 atom stereocenters. The number of piperazine rings is 1.